The first-order valence-electron chi connectivity index (χ1n) is 7.56. The molecule has 0 radical (unpaired) electrons. The molecule has 0 bridgehead atoms. The number of thiazole rings is 1. The summed E-state index contributed by atoms with van der Waals surface area (Å²) in [6.45, 7) is 1.17. The van der Waals surface area contributed by atoms with Crippen LogP contribution in [0, 0.1) is 0 Å². The fourth-order valence-electron chi connectivity index (χ4n) is 2.53. The number of carbonyl (C=O) groups is 1. The minimum atomic E-state index is -4.34. The van der Waals surface area contributed by atoms with E-state index in [1.165, 1.54) is 23.5 Å². The molecule has 1 aliphatic rings. The third kappa shape index (κ3) is 3.93. The molecule has 1 atom stereocenters. The number of alkyl halides is 3. The zero-order valence-electron chi connectivity index (χ0n) is 12.7. The van der Waals surface area contributed by atoms with Crippen LogP contribution in [0.25, 0.3) is 10.6 Å². The number of amides is 1. The molecule has 1 aromatic heterocycles. The molecule has 3 rings (SSSR count). The first kappa shape index (κ1) is 16.9. The number of aromatic nitrogens is 1. The van der Waals surface area contributed by atoms with Crippen LogP contribution >= 0.6 is 11.3 Å². The highest BCUT2D eigenvalue weighted by Crippen LogP contribution is 2.31. The Bertz CT molecular complexity index is 706. The van der Waals surface area contributed by atoms with E-state index in [2.05, 4.69) is 15.6 Å². The van der Waals surface area contributed by atoms with Crippen LogP contribution in [0.3, 0.4) is 0 Å². The molecule has 1 aliphatic heterocycles. The molecular weight excluding hydrogens is 339 g/mol. The number of benzene rings is 1. The standard InChI is InChI=1S/C16H16F3N3OS/c17-16(18,19)11-5-3-10(4-6-11)15-22-12(9-24-15)8-21-14(23)13-2-1-7-20-13/h3-6,9,13,20H,1-2,7-8H2,(H,21,23). The van der Waals surface area contributed by atoms with Crippen molar-refractivity contribution in [2.24, 2.45) is 0 Å². The third-order valence-corrected chi connectivity index (χ3v) is 4.77. The van der Waals surface area contributed by atoms with Crippen molar-refractivity contribution in [1.82, 2.24) is 15.6 Å². The van der Waals surface area contributed by atoms with E-state index < -0.39 is 11.7 Å². The quantitative estimate of drug-likeness (QED) is 0.886. The number of halogens is 3. The third-order valence-electron chi connectivity index (χ3n) is 3.83. The Morgan fingerprint density at radius 1 is 1.33 bits per heavy atom. The summed E-state index contributed by atoms with van der Waals surface area (Å²) < 4.78 is 37.7. The maximum Gasteiger partial charge on any atom is 0.416 e. The summed E-state index contributed by atoms with van der Waals surface area (Å²) in [6.07, 6.45) is -2.52. The van der Waals surface area contributed by atoms with Crippen LogP contribution in [0.1, 0.15) is 24.1 Å². The van der Waals surface area contributed by atoms with Crippen LogP contribution in [0.15, 0.2) is 29.6 Å². The smallest absolute Gasteiger partial charge is 0.349 e. The van der Waals surface area contributed by atoms with Crippen LogP contribution in [0.4, 0.5) is 13.2 Å². The number of nitrogens with zero attached hydrogens (tertiary/aromatic N) is 1. The molecule has 2 aromatic rings. The number of nitrogens with one attached hydrogen (secondary N) is 2. The van der Waals surface area contributed by atoms with Gasteiger partial charge in [-0.25, -0.2) is 4.98 Å². The Morgan fingerprint density at radius 2 is 2.08 bits per heavy atom. The summed E-state index contributed by atoms with van der Waals surface area (Å²) in [7, 11) is 0. The summed E-state index contributed by atoms with van der Waals surface area (Å²) in [5.41, 5.74) is 0.642. The molecule has 4 nitrogen and oxygen atoms in total. The molecule has 1 fully saturated rings. The van der Waals surface area contributed by atoms with E-state index in [0.717, 1.165) is 31.5 Å². The Balaban J connectivity index is 1.61. The summed E-state index contributed by atoms with van der Waals surface area (Å²) in [4.78, 5) is 16.3. The molecular formula is C16H16F3N3OS. The molecule has 0 saturated carbocycles. The fraction of sp³-hybridized carbons (Fsp3) is 0.375. The van der Waals surface area contributed by atoms with Crippen LogP contribution in [-0.4, -0.2) is 23.5 Å². The van der Waals surface area contributed by atoms with Gasteiger partial charge in [0.15, 0.2) is 0 Å². The number of carbonyl (C=O) groups excluding carboxylic acids is 1. The van der Waals surface area contributed by atoms with E-state index in [1.807, 2.05) is 0 Å². The van der Waals surface area contributed by atoms with Crippen LogP contribution in [-0.2, 0) is 17.5 Å². The van der Waals surface area contributed by atoms with Gasteiger partial charge in [-0.3, -0.25) is 4.79 Å². The molecule has 2 N–H and O–H groups in total. The lowest BCUT2D eigenvalue weighted by molar-refractivity contribution is -0.137. The van der Waals surface area contributed by atoms with Gasteiger partial charge < -0.3 is 10.6 Å². The molecule has 1 unspecified atom stereocenters. The van der Waals surface area contributed by atoms with Gasteiger partial charge in [-0.1, -0.05) is 12.1 Å². The van der Waals surface area contributed by atoms with E-state index in [1.54, 1.807) is 5.38 Å². The first-order chi connectivity index (χ1) is 11.4. The van der Waals surface area contributed by atoms with Gasteiger partial charge in [-0.2, -0.15) is 13.2 Å². The Labute approximate surface area is 141 Å². The fourth-order valence-corrected chi connectivity index (χ4v) is 3.36. The maximum atomic E-state index is 12.6. The highest BCUT2D eigenvalue weighted by Gasteiger charge is 2.30. The molecule has 8 heteroatoms. The van der Waals surface area contributed by atoms with Gasteiger partial charge in [-0.05, 0) is 31.5 Å². The normalized spacial score (nSPS) is 17.9. The van der Waals surface area contributed by atoms with Crippen molar-refractivity contribution in [1.29, 1.82) is 0 Å². The van der Waals surface area contributed by atoms with Crippen LogP contribution in [0.5, 0.6) is 0 Å². The second kappa shape index (κ2) is 6.90. The molecule has 1 saturated heterocycles. The van der Waals surface area contributed by atoms with Gasteiger partial charge in [0.05, 0.1) is 23.8 Å². The highest BCUT2D eigenvalue weighted by atomic mass is 32.1. The highest BCUT2D eigenvalue weighted by molar-refractivity contribution is 7.13. The Morgan fingerprint density at radius 3 is 2.71 bits per heavy atom. The first-order valence-corrected chi connectivity index (χ1v) is 8.44. The predicted octanol–water partition coefficient (Wildman–Crippen LogP) is 3.20. The van der Waals surface area contributed by atoms with Crippen LogP contribution < -0.4 is 10.6 Å². The zero-order valence-corrected chi connectivity index (χ0v) is 13.5. The lowest BCUT2D eigenvalue weighted by atomic mass is 10.1. The molecule has 24 heavy (non-hydrogen) atoms. The Kier molecular flexibility index (Phi) is 4.86. The largest absolute Gasteiger partial charge is 0.416 e. The van der Waals surface area contributed by atoms with Crippen LogP contribution in [0.2, 0.25) is 0 Å². The van der Waals surface area contributed by atoms with E-state index in [9.17, 15) is 18.0 Å². The van der Waals surface area contributed by atoms with Crippen molar-refractivity contribution < 1.29 is 18.0 Å². The van der Waals surface area contributed by atoms with E-state index in [-0.39, 0.29) is 11.9 Å². The van der Waals surface area contributed by atoms with E-state index in [0.29, 0.717) is 22.8 Å². The molecule has 0 spiro atoms. The van der Waals surface area contributed by atoms with Crippen molar-refractivity contribution in [2.75, 3.05) is 6.54 Å². The van der Waals surface area contributed by atoms with Gasteiger partial charge in [-0.15, -0.1) is 11.3 Å². The van der Waals surface area contributed by atoms with Crippen molar-refractivity contribution in [3.05, 3.63) is 40.9 Å². The average Bonchev–Trinajstić information content (AvgIpc) is 3.23. The summed E-state index contributed by atoms with van der Waals surface area (Å²) in [5.74, 6) is -0.0448. The van der Waals surface area contributed by atoms with Gasteiger partial charge in [0.1, 0.15) is 5.01 Å². The van der Waals surface area contributed by atoms with Gasteiger partial charge >= 0.3 is 6.18 Å². The number of rotatable bonds is 4. The summed E-state index contributed by atoms with van der Waals surface area (Å²) >= 11 is 1.34. The average molecular weight is 355 g/mol. The second-order valence-electron chi connectivity index (χ2n) is 5.59. The molecule has 128 valence electrons. The van der Waals surface area contributed by atoms with E-state index in [4.69, 9.17) is 0 Å². The molecule has 1 aromatic carbocycles. The molecule has 2 heterocycles. The van der Waals surface area contributed by atoms with Gasteiger partial charge in [0.25, 0.3) is 0 Å². The second-order valence-corrected chi connectivity index (χ2v) is 6.44. The lowest BCUT2D eigenvalue weighted by Crippen LogP contribution is -2.40. The molecule has 0 aliphatic carbocycles. The van der Waals surface area contributed by atoms with Crippen molar-refractivity contribution in [3.8, 4) is 10.6 Å². The van der Waals surface area contributed by atoms with Gasteiger partial charge in [0, 0.05) is 10.9 Å². The van der Waals surface area contributed by atoms with Crippen molar-refractivity contribution in [2.45, 2.75) is 31.6 Å². The van der Waals surface area contributed by atoms with Crippen molar-refractivity contribution in [3.63, 3.8) is 0 Å². The number of hydrogen-bond donors (Lipinski definition) is 2. The zero-order chi connectivity index (χ0) is 17.2. The van der Waals surface area contributed by atoms with E-state index >= 15 is 0 Å². The minimum absolute atomic E-state index is 0.0448. The topological polar surface area (TPSA) is 54.0 Å². The minimum Gasteiger partial charge on any atom is -0.349 e. The monoisotopic (exact) mass is 355 g/mol. The van der Waals surface area contributed by atoms with Crippen molar-refractivity contribution >= 4 is 17.2 Å². The summed E-state index contributed by atoms with van der Waals surface area (Å²) in [5, 5.41) is 8.38. The predicted molar refractivity (Wildman–Crippen MR) is 85.4 cm³/mol. The SMILES string of the molecule is O=C(NCc1csc(-c2ccc(C(F)(F)F)cc2)n1)C1CCCN1. The number of hydrogen-bond acceptors (Lipinski definition) is 4. The molecule has 1 amide bonds. The summed E-state index contributed by atoms with van der Waals surface area (Å²) in [6, 6.07) is 4.77. The maximum absolute atomic E-state index is 12.6. The Hall–Kier alpha value is -1.93. The van der Waals surface area contributed by atoms with Gasteiger partial charge in [0.2, 0.25) is 5.91 Å². The lowest BCUT2D eigenvalue weighted by Gasteiger charge is -2.09.